The number of esters is 1. The van der Waals surface area contributed by atoms with E-state index in [1.807, 2.05) is 0 Å². The Morgan fingerprint density at radius 2 is 1.93 bits per heavy atom. The van der Waals surface area contributed by atoms with E-state index in [-0.39, 0.29) is 0 Å². The van der Waals surface area contributed by atoms with Crippen molar-refractivity contribution in [1.82, 2.24) is 4.90 Å². The molecule has 1 aliphatic rings. The van der Waals surface area contributed by atoms with E-state index < -0.39 is 17.7 Å². The van der Waals surface area contributed by atoms with Crippen molar-refractivity contribution in [3.63, 3.8) is 0 Å². The summed E-state index contributed by atoms with van der Waals surface area (Å²) in [6.07, 6.45) is 0.404. The smallest absolute Gasteiger partial charge is 0.407 e. The van der Waals surface area contributed by atoms with Crippen molar-refractivity contribution in [2.45, 2.75) is 26.4 Å². The standard InChI is InChI=1S/C10H15NO4/c1-10(2,3)15-8(12)4-7-5-11(6-7)9(13)14/h4H,5-6H2,1-3H3,(H,13,14). The lowest BCUT2D eigenvalue weighted by molar-refractivity contribution is -0.148. The largest absolute Gasteiger partial charge is 0.465 e. The molecule has 1 saturated heterocycles. The van der Waals surface area contributed by atoms with Crippen LogP contribution in [0.25, 0.3) is 0 Å². The van der Waals surface area contributed by atoms with Gasteiger partial charge < -0.3 is 14.7 Å². The van der Waals surface area contributed by atoms with E-state index in [4.69, 9.17) is 9.84 Å². The van der Waals surface area contributed by atoms with Crippen molar-refractivity contribution >= 4 is 12.1 Å². The van der Waals surface area contributed by atoms with Gasteiger partial charge in [0.2, 0.25) is 0 Å². The molecular weight excluding hydrogens is 198 g/mol. The summed E-state index contributed by atoms with van der Waals surface area (Å²) in [5.74, 6) is -0.414. The average Bonchev–Trinajstić information content (AvgIpc) is 1.91. The topological polar surface area (TPSA) is 66.8 Å². The maximum absolute atomic E-state index is 11.3. The first-order valence-electron chi connectivity index (χ1n) is 4.68. The summed E-state index contributed by atoms with van der Waals surface area (Å²) in [5, 5.41) is 8.55. The van der Waals surface area contributed by atoms with Gasteiger partial charge in [0.1, 0.15) is 5.60 Å². The molecule has 0 aromatic rings. The fourth-order valence-corrected chi connectivity index (χ4v) is 1.17. The van der Waals surface area contributed by atoms with Gasteiger partial charge in [-0.1, -0.05) is 0 Å². The third-order valence-electron chi connectivity index (χ3n) is 1.79. The van der Waals surface area contributed by atoms with Gasteiger partial charge in [0.15, 0.2) is 0 Å². The highest BCUT2D eigenvalue weighted by molar-refractivity contribution is 5.84. The molecule has 0 atom stereocenters. The Balaban J connectivity index is 2.40. The highest BCUT2D eigenvalue weighted by Crippen LogP contribution is 2.15. The summed E-state index contributed by atoms with van der Waals surface area (Å²) in [6, 6.07) is 0. The van der Waals surface area contributed by atoms with Gasteiger partial charge >= 0.3 is 12.1 Å². The monoisotopic (exact) mass is 213 g/mol. The fourth-order valence-electron chi connectivity index (χ4n) is 1.17. The van der Waals surface area contributed by atoms with Crippen molar-refractivity contribution in [3.05, 3.63) is 11.6 Å². The summed E-state index contributed by atoms with van der Waals surface area (Å²) in [4.78, 5) is 22.9. The minimum atomic E-state index is -0.962. The summed E-state index contributed by atoms with van der Waals surface area (Å²) in [6.45, 7) is 5.96. The molecule has 1 aliphatic heterocycles. The highest BCUT2D eigenvalue weighted by atomic mass is 16.6. The minimum absolute atomic E-state index is 0.300. The molecule has 1 fully saturated rings. The Kier molecular flexibility index (Phi) is 3.02. The maximum Gasteiger partial charge on any atom is 0.407 e. The van der Waals surface area contributed by atoms with Crippen LogP contribution in [-0.4, -0.2) is 40.8 Å². The Bertz CT molecular complexity index is 306. The maximum atomic E-state index is 11.3. The normalized spacial score (nSPS) is 15.7. The van der Waals surface area contributed by atoms with E-state index in [1.165, 1.54) is 11.0 Å². The van der Waals surface area contributed by atoms with Crippen molar-refractivity contribution in [1.29, 1.82) is 0 Å². The van der Waals surface area contributed by atoms with Gasteiger partial charge in [0.05, 0.1) is 0 Å². The van der Waals surface area contributed by atoms with Crippen LogP contribution in [0.3, 0.4) is 0 Å². The molecule has 0 spiro atoms. The number of amides is 1. The van der Waals surface area contributed by atoms with Gasteiger partial charge in [0.25, 0.3) is 0 Å². The van der Waals surface area contributed by atoms with Crippen LogP contribution in [0.1, 0.15) is 20.8 Å². The van der Waals surface area contributed by atoms with Gasteiger partial charge in [-0.15, -0.1) is 0 Å². The van der Waals surface area contributed by atoms with Gasteiger partial charge in [0, 0.05) is 19.2 Å². The summed E-state index contributed by atoms with van der Waals surface area (Å²) in [7, 11) is 0. The molecule has 1 heterocycles. The predicted octanol–water partition coefficient (Wildman–Crippen LogP) is 1.25. The van der Waals surface area contributed by atoms with E-state index in [0.29, 0.717) is 13.1 Å². The third-order valence-corrected chi connectivity index (χ3v) is 1.79. The molecule has 0 aromatic heterocycles. The molecule has 0 bridgehead atoms. The number of nitrogens with zero attached hydrogens (tertiary/aromatic N) is 1. The molecule has 1 amide bonds. The Hall–Kier alpha value is -1.52. The zero-order chi connectivity index (χ0) is 11.6. The third kappa shape index (κ3) is 3.61. The van der Waals surface area contributed by atoms with Crippen LogP contribution < -0.4 is 0 Å². The van der Waals surface area contributed by atoms with E-state index in [0.717, 1.165) is 5.57 Å². The summed E-state index contributed by atoms with van der Waals surface area (Å²) >= 11 is 0. The Morgan fingerprint density at radius 1 is 1.40 bits per heavy atom. The molecule has 0 aliphatic carbocycles. The highest BCUT2D eigenvalue weighted by Gasteiger charge is 2.26. The summed E-state index contributed by atoms with van der Waals surface area (Å²) < 4.78 is 5.06. The van der Waals surface area contributed by atoms with Crippen LogP contribution in [0.5, 0.6) is 0 Å². The van der Waals surface area contributed by atoms with Crippen molar-refractivity contribution in [3.8, 4) is 0 Å². The molecule has 5 nitrogen and oxygen atoms in total. The second kappa shape index (κ2) is 3.92. The zero-order valence-electron chi connectivity index (χ0n) is 9.11. The molecule has 15 heavy (non-hydrogen) atoms. The number of likely N-dealkylation sites (tertiary alicyclic amines) is 1. The van der Waals surface area contributed by atoms with Crippen LogP contribution in [0.2, 0.25) is 0 Å². The lowest BCUT2D eigenvalue weighted by Gasteiger charge is -2.31. The lowest BCUT2D eigenvalue weighted by atomic mass is 10.1. The second-order valence-electron chi connectivity index (χ2n) is 4.47. The Labute approximate surface area is 88.3 Å². The first-order chi connectivity index (χ1) is 6.78. The number of carbonyl (C=O) groups excluding carboxylic acids is 1. The zero-order valence-corrected chi connectivity index (χ0v) is 9.11. The van der Waals surface area contributed by atoms with Crippen LogP contribution in [-0.2, 0) is 9.53 Å². The van der Waals surface area contributed by atoms with Gasteiger partial charge in [-0.3, -0.25) is 0 Å². The summed E-state index contributed by atoms with van der Waals surface area (Å²) in [5.41, 5.74) is 0.274. The van der Waals surface area contributed by atoms with Gasteiger partial charge in [-0.2, -0.15) is 0 Å². The average molecular weight is 213 g/mol. The fraction of sp³-hybridized carbons (Fsp3) is 0.600. The van der Waals surface area contributed by atoms with E-state index in [9.17, 15) is 9.59 Å². The molecule has 5 heteroatoms. The molecule has 1 rings (SSSR count). The second-order valence-corrected chi connectivity index (χ2v) is 4.47. The van der Waals surface area contributed by atoms with E-state index in [1.54, 1.807) is 20.8 Å². The molecule has 0 aromatic carbocycles. The molecule has 0 unspecified atom stereocenters. The number of hydrogen-bond donors (Lipinski definition) is 1. The van der Waals surface area contributed by atoms with Crippen molar-refractivity contribution in [2.24, 2.45) is 0 Å². The number of hydrogen-bond acceptors (Lipinski definition) is 3. The quantitative estimate of drug-likeness (QED) is 0.525. The lowest BCUT2D eigenvalue weighted by Crippen LogP contribution is -2.44. The van der Waals surface area contributed by atoms with E-state index >= 15 is 0 Å². The predicted molar refractivity (Wildman–Crippen MR) is 53.5 cm³/mol. The van der Waals surface area contributed by atoms with Crippen LogP contribution >= 0.6 is 0 Å². The number of carbonyl (C=O) groups is 2. The molecule has 0 saturated carbocycles. The Morgan fingerprint density at radius 3 is 2.33 bits per heavy atom. The molecule has 0 radical (unpaired) electrons. The van der Waals surface area contributed by atoms with E-state index in [2.05, 4.69) is 0 Å². The van der Waals surface area contributed by atoms with Crippen molar-refractivity contribution < 1.29 is 19.4 Å². The van der Waals surface area contributed by atoms with Crippen LogP contribution in [0.15, 0.2) is 11.6 Å². The minimum Gasteiger partial charge on any atom is -0.465 e. The first kappa shape index (κ1) is 11.6. The van der Waals surface area contributed by atoms with Gasteiger partial charge in [-0.25, -0.2) is 9.59 Å². The number of ether oxygens (including phenoxy) is 1. The van der Waals surface area contributed by atoms with Crippen LogP contribution in [0.4, 0.5) is 4.79 Å². The number of carboxylic acid groups (broad SMARTS) is 1. The van der Waals surface area contributed by atoms with Crippen molar-refractivity contribution in [2.75, 3.05) is 13.1 Å². The van der Waals surface area contributed by atoms with Gasteiger partial charge in [-0.05, 0) is 26.3 Å². The number of rotatable bonds is 1. The SMILES string of the molecule is CC(C)(C)OC(=O)C=C1CN(C(=O)O)C1. The first-order valence-corrected chi connectivity index (χ1v) is 4.68. The van der Waals surface area contributed by atoms with Crippen LogP contribution in [0, 0.1) is 0 Å². The molecule has 1 N–H and O–H groups in total. The molecular formula is C10H15NO4. The molecule has 84 valence electrons.